The van der Waals surface area contributed by atoms with Crippen molar-refractivity contribution < 1.29 is 8.42 Å². The molecular formula is C24H29NO2S2Si. The van der Waals surface area contributed by atoms with Crippen LogP contribution in [0.3, 0.4) is 0 Å². The molecule has 0 fully saturated rings. The van der Waals surface area contributed by atoms with Gasteiger partial charge in [0.25, 0.3) is 0 Å². The summed E-state index contributed by atoms with van der Waals surface area (Å²) in [5.41, 5.74) is 2.03. The quantitative estimate of drug-likeness (QED) is 0.332. The molecule has 158 valence electrons. The number of aryl methyl sites for hydroxylation is 1. The topological polar surface area (TPSA) is 46.2 Å². The van der Waals surface area contributed by atoms with Gasteiger partial charge in [0.1, 0.15) is 0 Å². The van der Waals surface area contributed by atoms with Crippen LogP contribution in [0.1, 0.15) is 17.2 Å². The lowest BCUT2D eigenvalue weighted by Crippen LogP contribution is -2.47. The highest BCUT2D eigenvalue weighted by Gasteiger charge is 2.38. The number of benzene rings is 3. The summed E-state index contributed by atoms with van der Waals surface area (Å²) in [4.78, 5) is 1.57. The molecule has 0 bridgehead atoms. The van der Waals surface area contributed by atoms with Crippen molar-refractivity contribution in [2.75, 3.05) is 0 Å². The summed E-state index contributed by atoms with van der Waals surface area (Å²) in [5.74, 6) is 0. The summed E-state index contributed by atoms with van der Waals surface area (Å²) in [5, 5.41) is 0. The maximum Gasteiger partial charge on any atom is 0.241 e. The van der Waals surface area contributed by atoms with Crippen LogP contribution in [0, 0.1) is 6.92 Å². The van der Waals surface area contributed by atoms with Crippen LogP contribution >= 0.6 is 11.8 Å². The van der Waals surface area contributed by atoms with Crippen molar-refractivity contribution in [1.29, 1.82) is 0 Å². The van der Waals surface area contributed by atoms with Gasteiger partial charge in [-0.2, -0.15) is 0 Å². The van der Waals surface area contributed by atoms with Crippen LogP contribution in [-0.4, -0.2) is 21.4 Å². The van der Waals surface area contributed by atoms with E-state index in [-0.39, 0.29) is 10.9 Å². The van der Waals surface area contributed by atoms with E-state index in [0.29, 0.717) is 4.90 Å². The van der Waals surface area contributed by atoms with E-state index in [1.54, 1.807) is 23.9 Å². The molecule has 3 aromatic rings. The zero-order valence-electron chi connectivity index (χ0n) is 17.9. The molecule has 0 saturated heterocycles. The molecule has 0 aromatic heterocycles. The van der Waals surface area contributed by atoms with Crippen LogP contribution in [0.15, 0.2) is 94.7 Å². The smallest absolute Gasteiger partial charge is 0.207 e. The fourth-order valence-corrected chi connectivity index (χ4v) is 8.82. The number of nitrogens with one attached hydrogen (secondary N) is 1. The SMILES string of the molecule is Cc1ccc(S(=O)(=O)N[C@@H](c2ccccc2)[C@@H](Sc2ccccc2)[Si](C)(C)C)cc1. The Morgan fingerprint density at radius 3 is 1.87 bits per heavy atom. The second-order valence-corrected chi connectivity index (χ2v) is 17.2. The van der Waals surface area contributed by atoms with Gasteiger partial charge in [0, 0.05) is 9.77 Å². The predicted octanol–water partition coefficient (Wildman–Crippen LogP) is 6.05. The minimum absolute atomic E-state index is 0.113. The lowest BCUT2D eigenvalue weighted by atomic mass is 10.1. The number of thioether (sulfide) groups is 1. The van der Waals surface area contributed by atoms with Crippen LogP contribution in [0.4, 0.5) is 0 Å². The molecule has 30 heavy (non-hydrogen) atoms. The molecule has 1 N–H and O–H groups in total. The van der Waals surface area contributed by atoms with Crippen molar-refractivity contribution in [3.63, 3.8) is 0 Å². The van der Waals surface area contributed by atoms with Gasteiger partial charge in [-0.05, 0) is 36.8 Å². The van der Waals surface area contributed by atoms with Crippen molar-refractivity contribution in [2.24, 2.45) is 0 Å². The molecule has 0 spiro atoms. The molecule has 0 saturated carbocycles. The molecule has 0 aliphatic rings. The van der Waals surface area contributed by atoms with Crippen molar-refractivity contribution in [3.05, 3.63) is 96.1 Å². The molecule has 0 amide bonds. The first-order valence-electron chi connectivity index (χ1n) is 10.0. The van der Waals surface area contributed by atoms with E-state index in [2.05, 4.69) is 36.5 Å². The first-order valence-corrected chi connectivity index (χ1v) is 16.0. The van der Waals surface area contributed by atoms with E-state index < -0.39 is 18.1 Å². The summed E-state index contributed by atoms with van der Waals surface area (Å²) in [6, 6.07) is 26.9. The standard InChI is InChI=1S/C24H29NO2S2Si/c1-19-15-17-22(18-16-19)29(26,27)25-23(20-11-7-5-8-12-20)24(30(2,3)4)28-21-13-9-6-10-14-21/h5-18,23-25H,1-4H3/t23-,24-/m0/s1. The van der Waals surface area contributed by atoms with Gasteiger partial charge in [0.2, 0.25) is 10.0 Å². The third kappa shape index (κ3) is 5.85. The van der Waals surface area contributed by atoms with E-state index in [4.69, 9.17) is 0 Å². The van der Waals surface area contributed by atoms with Gasteiger partial charge in [0.15, 0.2) is 0 Å². The highest BCUT2D eigenvalue weighted by Crippen LogP contribution is 2.38. The Kier molecular flexibility index (Phi) is 7.24. The van der Waals surface area contributed by atoms with Crippen molar-refractivity contribution in [2.45, 2.75) is 47.3 Å². The monoisotopic (exact) mass is 455 g/mol. The van der Waals surface area contributed by atoms with Gasteiger partial charge in [-0.3, -0.25) is 0 Å². The van der Waals surface area contributed by atoms with Crippen LogP contribution in [0.2, 0.25) is 19.6 Å². The normalized spacial score (nSPS) is 14.3. The maximum absolute atomic E-state index is 13.3. The molecular weight excluding hydrogens is 426 g/mol. The van der Waals surface area contributed by atoms with E-state index in [1.165, 1.54) is 0 Å². The predicted molar refractivity (Wildman–Crippen MR) is 130 cm³/mol. The van der Waals surface area contributed by atoms with E-state index in [9.17, 15) is 8.42 Å². The van der Waals surface area contributed by atoms with Gasteiger partial charge < -0.3 is 0 Å². The zero-order valence-corrected chi connectivity index (χ0v) is 20.5. The summed E-state index contributed by atoms with van der Waals surface area (Å²) in [7, 11) is -5.45. The molecule has 0 aliphatic carbocycles. The second-order valence-electron chi connectivity index (χ2n) is 8.54. The van der Waals surface area contributed by atoms with E-state index >= 15 is 0 Å². The molecule has 3 aromatic carbocycles. The first kappa shape index (κ1) is 22.8. The minimum Gasteiger partial charge on any atom is -0.207 e. The molecule has 6 heteroatoms. The molecule has 0 radical (unpaired) electrons. The average Bonchev–Trinajstić information content (AvgIpc) is 2.71. The largest absolute Gasteiger partial charge is 0.241 e. The Balaban J connectivity index is 2.03. The lowest BCUT2D eigenvalue weighted by Gasteiger charge is -2.36. The minimum atomic E-state index is -3.66. The number of rotatable bonds is 8. The van der Waals surface area contributed by atoms with Crippen LogP contribution in [0.25, 0.3) is 0 Å². The lowest BCUT2D eigenvalue weighted by molar-refractivity contribution is 0.563. The molecule has 0 heterocycles. The Labute approximate surface area is 186 Å². The summed E-state index contributed by atoms with van der Waals surface area (Å²) >= 11 is 1.77. The summed E-state index contributed by atoms with van der Waals surface area (Å²) in [6.45, 7) is 8.84. The third-order valence-electron chi connectivity index (χ3n) is 4.93. The molecule has 2 atom stereocenters. The third-order valence-corrected chi connectivity index (χ3v) is 12.0. The Morgan fingerprint density at radius 2 is 1.33 bits per heavy atom. The highest BCUT2D eigenvalue weighted by atomic mass is 32.2. The molecule has 0 aliphatic heterocycles. The second kappa shape index (κ2) is 9.52. The van der Waals surface area contributed by atoms with E-state index in [0.717, 1.165) is 16.0 Å². The van der Waals surface area contributed by atoms with Gasteiger partial charge >= 0.3 is 0 Å². The average molecular weight is 456 g/mol. The molecule has 0 unspecified atom stereocenters. The fraction of sp³-hybridized carbons (Fsp3) is 0.250. The maximum atomic E-state index is 13.3. The van der Waals surface area contributed by atoms with Crippen molar-refractivity contribution in [3.8, 4) is 0 Å². The summed E-state index contributed by atoms with van der Waals surface area (Å²) in [6.07, 6.45) is 0. The number of hydrogen-bond acceptors (Lipinski definition) is 3. The summed E-state index contributed by atoms with van der Waals surface area (Å²) < 4.78 is 29.7. The van der Waals surface area contributed by atoms with E-state index in [1.807, 2.05) is 67.6 Å². The van der Waals surface area contributed by atoms with Gasteiger partial charge in [-0.25, -0.2) is 13.1 Å². The number of hydrogen-bond donors (Lipinski definition) is 1. The first-order chi connectivity index (χ1) is 14.2. The fourth-order valence-electron chi connectivity index (χ4n) is 3.31. The number of sulfonamides is 1. The Bertz CT molecular complexity index is 1050. The molecule has 3 rings (SSSR count). The Hall–Kier alpha value is -1.86. The van der Waals surface area contributed by atoms with Gasteiger partial charge in [-0.15, -0.1) is 11.8 Å². The van der Waals surface area contributed by atoms with Crippen LogP contribution in [-0.2, 0) is 10.0 Å². The van der Waals surface area contributed by atoms with Crippen molar-refractivity contribution >= 4 is 29.9 Å². The van der Waals surface area contributed by atoms with Crippen molar-refractivity contribution in [1.82, 2.24) is 4.72 Å². The van der Waals surface area contributed by atoms with Gasteiger partial charge in [-0.1, -0.05) is 85.9 Å². The molecule has 3 nitrogen and oxygen atoms in total. The zero-order chi connectivity index (χ0) is 21.8. The Morgan fingerprint density at radius 1 is 0.800 bits per heavy atom. The highest BCUT2D eigenvalue weighted by molar-refractivity contribution is 8.01. The van der Waals surface area contributed by atoms with Gasteiger partial charge in [0.05, 0.1) is 19.0 Å². The van der Waals surface area contributed by atoms with Crippen LogP contribution < -0.4 is 4.72 Å². The van der Waals surface area contributed by atoms with Crippen LogP contribution in [0.5, 0.6) is 0 Å².